The molecule has 0 unspecified atom stereocenters. The first kappa shape index (κ1) is 10.2. The van der Waals surface area contributed by atoms with Crippen molar-refractivity contribution in [3.63, 3.8) is 0 Å². The number of hydrogen-bond donors (Lipinski definition) is 1. The van der Waals surface area contributed by atoms with Crippen molar-refractivity contribution in [3.05, 3.63) is 28.0 Å². The molecule has 1 aromatic heterocycles. The molecule has 0 amide bonds. The molecule has 0 radical (unpaired) electrons. The normalized spacial score (nSPS) is 18.2. The highest BCUT2D eigenvalue weighted by atomic mass is 35.5. The smallest absolute Gasteiger partial charge is 0.131 e. The average Bonchev–Trinajstić information content (AvgIpc) is 2.83. The number of hydrogen-bond acceptors (Lipinski definition) is 2. The third kappa shape index (κ3) is 2.19. The first-order valence-corrected chi connectivity index (χ1v) is 5.41. The third-order valence-corrected chi connectivity index (χ3v) is 3.18. The van der Waals surface area contributed by atoms with Crippen molar-refractivity contribution in [2.45, 2.75) is 19.3 Å². The Bertz CT molecular complexity index is 328. The number of halogens is 2. The Morgan fingerprint density at radius 1 is 1.29 bits per heavy atom. The van der Waals surface area contributed by atoms with Gasteiger partial charge >= 0.3 is 0 Å². The van der Waals surface area contributed by atoms with Crippen molar-refractivity contribution < 1.29 is 0 Å². The molecule has 2 N–H and O–H groups in total. The fourth-order valence-corrected chi connectivity index (χ4v) is 2.18. The predicted octanol–water partition coefficient (Wildman–Crippen LogP) is 2.67. The van der Waals surface area contributed by atoms with Gasteiger partial charge in [0.2, 0.25) is 0 Å². The molecule has 1 heterocycles. The second-order valence-electron chi connectivity index (χ2n) is 4.00. The van der Waals surface area contributed by atoms with Crippen LogP contribution in [-0.2, 0) is 6.42 Å². The molecule has 14 heavy (non-hydrogen) atoms. The number of pyridine rings is 1. The molecule has 1 fully saturated rings. The molecule has 1 aliphatic rings. The molecule has 2 nitrogen and oxygen atoms in total. The lowest BCUT2D eigenvalue weighted by Gasteiger charge is -2.12. The van der Waals surface area contributed by atoms with E-state index in [-0.39, 0.29) is 0 Å². The van der Waals surface area contributed by atoms with E-state index in [0.29, 0.717) is 15.7 Å². The van der Waals surface area contributed by atoms with Crippen LogP contribution < -0.4 is 5.73 Å². The van der Waals surface area contributed by atoms with Gasteiger partial charge in [-0.1, -0.05) is 23.2 Å². The molecular weight excluding hydrogens is 219 g/mol. The van der Waals surface area contributed by atoms with Gasteiger partial charge in [-0.2, -0.15) is 0 Å². The van der Waals surface area contributed by atoms with Gasteiger partial charge in [-0.25, -0.2) is 4.98 Å². The van der Waals surface area contributed by atoms with Crippen LogP contribution in [0.2, 0.25) is 10.3 Å². The van der Waals surface area contributed by atoms with E-state index in [9.17, 15) is 0 Å². The van der Waals surface area contributed by atoms with E-state index in [1.54, 1.807) is 0 Å². The molecule has 0 bridgehead atoms. The van der Waals surface area contributed by atoms with Crippen LogP contribution in [0.3, 0.4) is 0 Å². The maximum atomic E-state index is 5.82. The summed E-state index contributed by atoms with van der Waals surface area (Å²) in [6.07, 6.45) is 3.38. The van der Waals surface area contributed by atoms with Crippen molar-refractivity contribution in [2.75, 3.05) is 6.54 Å². The Morgan fingerprint density at radius 2 is 1.86 bits per heavy atom. The standard InChI is InChI=1S/C10H12Cl2N2/c11-8-3-7(4-9(12)14-8)5-10(6-13)1-2-10/h3-4H,1-2,5-6,13H2. The van der Waals surface area contributed by atoms with Gasteiger partial charge in [-0.3, -0.25) is 0 Å². The highest BCUT2D eigenvalue weighted by molar-refractivity contribution is 6.32. The minimum atomic E-state index is 0.314. The van der Waals surface area contributed by atoms with Gasteiger partial charge < -0.3 is 5.73 Å². The molecular formula is C10H12Cl2N2. The molecule has 0 atom stereocenters. The summed E-state index contributed by atoms with van der Waals surface area (Å²) < 4.78 is 0. The lowest BCUT2D eigenvalue weighted by Crippen LogP contribution is -2.17. The molecule has 4 heteroatoms. The van der Waals surface area contributed by atoms with Crippen LogP contribution in [0.5, 0.6) is 0 Å². The first-order chi connectivity index (χ1) is 6.63. The van der Waals surface area contributed by atoms with Crippen molar-refractivity contribution >= 4 is 23.2 Å². The van der Waals surface area contributed by atoms with E-state index in [4.69, 9.17) is 28.9 Å². The maximum absolute atomic E-state index is 5.82. The number of nitrogens with zero attached hydrogens (tertiary/aromatic N) is 1. The van der Waals surface area contributed by atoms with Crippen LogP contribution in [0.25, 0.3) is 0 Å². The molecule has 0 spiro atoms. The SMILES string of the molecule is NCC1(Cc2cc(Cl)nc(Cl)c2)CC1. The van der Waals surface area contributed by atoms with E-state index in [2.05, 4.69) is 4.98 Å². The first-order valence-electron chi connectivity index (χ1n) is 4.66. The van der Waals surface area contributed by atoms with Crippen LogP contribution in [0.1, 0.15) is 18.4 Å². The fraction of sp³-hybridized carbons (Fsp3) is 0.500. The molecule has 1 aromatic rings. The Labute approximate surface area is 93.4 Å². The summed E-state index contributed by atoms with van der Waals surface area (Å²) in [7, 11) is 0. The van der Waals surface area contributed by atoms with Crippen molar-refractivity contribution in [1.29, 1.82) is 0 Å². The summed E-state index contributed by atoms with van der Waals surface area (Å²) >= 11 is 11.6. The minimum absolute atomic E-state index is 0.314. The lowest BCUT2D eigenvalue weighted by atomic mass is 9.97. The van der Waals surface area contributed by atoms with E-state index in [1.165, 1.54) is 12.8 Å². The van der Waals surface area contributed by atoms with Crippen LogP contribution in [0.4, 0.5) is 0 Å². The van der Waals surface area contributed by atoms with Crippen molar-refractivity contribution in [3.8, 4) is 0 Å². The second-order valence-corrected chi connectivity index (χ2v) is 4.78. The Morgan fingerprint density at radius 3 is 2.29 bits per heavy atom. The van der Waals surface area contributed by atoms with Gasteiger partial charge in [-0.15, -0.1) is 0 Å². The summed E-state index contributed by atoms with van der Waals surface area (Å²) in [5, 5.41) is 0.917. The van der Waals surface area contributed by atoms with E-state index in [1.807, 2.05) is 12.1 Å². The Hall–Kier alpha value is -0.310. The Kier molecular flexibility index (Phi) is 2.69. The van der Waals surface area contributed by atoms with Crippen LogP contribution in [-0.4, -0.2) is 11.5 Å². The predicted molar refractivity (Wildman–Crippen MR) is 58.7 cm³/mol. The van der Waals surface area contributed by atoms with Gasteiger partial charge in [0.25, 0.3) is 0 Å². The monoisotopic (exact) mass is 230 g/mol. The molecule has 1 aliphatic carbocycles. The number of rotatable bonds is 3. The topological polar surface area (TPSA) is 38.9 Å². The van der Waals surface area contributed by atoms with Gasteiger partial charge in [0.15, 0.2) is 0 Å². The zero-order valence-electron chi connectivity index (χ0n) is 7.76. The van der Waals surface area contributed by atoms with E-state index in [0.717, 1.165) is 18.5 Å². The molecule has 2 rings (SSSR count). The highest BCUT2D eigenvalue weighted by Crippen LogP contribution is 2.47. The summed E-state index contributed by atoms with van der Waals surface area (Å²) in [6, 6.07) is 3.73. The zero-order valence-corrected chi connectivity index (χ0v) is 9.28. The molecule has 0 saturated heterocycles. The van der Waals surface area contributed by atoms with Gasteiger partial charge in [0.05, 0.1) is 0 Å². The largest absolute Gasteiger partial charge is 0.330 e. The zero-order chi connectivity index (χ0) is 10.2. The summed E-state index contributed by atoms with van der Waals surface area (Å²) in [5.41, 5.74) is 7.16. The summed E-state index contributed by atoms with van der Waals surface area (Å²) in [4.78, 5) is 3.91. The average molecular weight is 231 g/mol. The molecule has 0 aliphatic heterocycles. The Balaban J connectivity index is 2.16. The van der Waals surface area contributed by atoms with Crippen LogP contribution >= 0.6 is 23.2 Å². The van der Waals surface area contributed by atoms with Gasteiger partial charge in [0.1, 0.15) is 10.3 Å². The van der Waals surface area contributed by atoms with Crippen molar-refractivity contribution in [2.24, 2.45) is 11.1 Å². The maximum Gasteiger partial charge on any atom is 0.131 e. The molecule has 0 aromatic carbocycles. The van der Waals surface area contributed by atoms with Crippen LogP contribution in [0.15, 0.2) is 12.1 Å². The number of aromatic nitrogens is 1. The summed E-state index contributed by atoms with van der Waals surface area (Å²) in [6.45, 7) is 0.741. The van der Waals surface area contributed by atoms with Crippen LogP contribution in [0, 0.1) is 5.41 Å². The fourth-order valence-electron chi connectivity index (χ4n) is 1.68. The summed E-state index contributed by atoms with van der Waals surface area (Å²) in [5.74, 6) is 0. The van der Waals surface area contributed by atoms with Crippen molar-refractivity contribution in [1.82, 2.24) is 4.98 Å². The number of nitrogens with two attached hydrogens (primary N) is 1. The third-order valence-electron chi connectivity index (χ3n) is 2.79. The lowest BCUT2D eigenvalue weighted by molar-refractivity contribution is 0.521. The van der Waals surface area contributed by atoms with E-state index >= 15 is 0 Å². The quantitative estimate of drug-likeness (QED) is 0.812. The van der Waals surface area contributed by atoms with E-state index < -0.39 is 0 Å². The highest BCUT2D eigenvalue weighted by Gasteiger charge is 2.40. The molecule has 76 valence electrons. The van der Waals surface area contributed by atoms with Gasteiger partial charge in [-0.05, 0) is 48.9 Å². The molecule has 1 saturated carbocycles. The minimum Gasteiger partial charge on any atom is -0.330 e. The second kappa shape index (κ2) is 3.69. The van der Waals surface area contributed by atoms with Gasteiger partial charge in [0, 0.05) is 0 Å².